The number of anilines is 2. The zero-order valence-corrected chi connectivity index (χ0v) is 15.0. The number of hydrogen-bond donors (Lipinski definition) is 3. The third kappa shape index (κ3) is 3.11. The maximum absolute atomic E-state index is 12.2. The van der Waals surface area contributed by atoms with Crippen molar-refractivity contribution in [1.82, 2.24) is 9.97 Å². The van der Waals surface area contributed by atoms with Gasteiger partial charge in [-0.15, -0.1) is 0 Å². The van der Waals surface area contributed by atoms with Crippen molar-refractivity contribution in [2.24, 2.45) is 11.7 Å². The normalized spacial score (nSPS) is 21.1. The molecule has 1 saturated carbocycles. The molecule has 0 bridgehead atoms. The van der Waals surface area contributed by atoms with Crippen LogP contribution < -0.4 is 16.0 Å². The molecule has 1 aliphatic carbocycles. The highest BCUT2D eigenvalue weighted by Gasteiger charge is 2.32. The molecule has 4 N–H and O–H groups in total. The van der Waals surface area contributed by atoms with E-state index < -0.39 is 0 Å². The van der Waals surface area contributed by atoms with Crippen molar-refractivity contribution in [1.29, 1.82) is 0 Å². The molecule has 1 unspecified atom stereocenters. The van der Waals surface area contributed by atoms with Gasteiger partial charge in [0.1, 0.15) is 5.65 Å². The van der Waals surface area contributed by atoms with Crippen LogP contribution in [0.4, 0.5) is 11.4 Å². The minimum absolute atomic E-state index is 0.0269. The molecule has 6 nitrogen and oxygen atoms in total. The fourth-order valence-corrected chi connectivity index (χ4v) is 3.72. The second-order valence-corrected chi connectivity index (χ2v) is 7.75. The fourth-order valence-electron chi connectivity index (χ4n) is 3.72. The Morgan fingerprint density at radius 3 is 2.88 bits per heavy atom. The minimum Gasteiger partial charge on any atom is -0.369 e. The highest BCUT2D eigenvalue weighted by atomic mass is 16.1. The number of nitrogens with two attached hydrogens (primary N) is 1. The van der Waals surface area contributed by atoms with Gasteiger partial charge in [0.05, 0.1) is 16.8 Å². The summed E-state index contributed by atoms with van der Waals surface area (Å²) >= 11 is 0. The quantitative estimate of drug-likeness (QED) is 0.798. The largest absolute Gasteiger partial charge is 0.369 e. The maximum atomic E-state index is 12.2. The van der Waals surface area contributed by atoms with Crippen molar-refractivity contribution in [3.05, 3.63) is 18.0 Å². The van der Waals surface area contributed by atoms with E-state index in [1.807, 2.05) is 26.2 Å². The molecule has 134 valence electrons. The second kappa shape index (κ2) is 6.33. The summed E-state index contributed by atoms with van der Waals surface area (Å²) in [5, 5.41) is 4.11. The molecule has 2 aromatic heterocycles. The number of aromatic nitrogens is 2. The van der Waals surface area contributed by atoms with E-state index in [4.69, 9.17) is 5.73 Å². The van der Waals surface area contributed by atoms with Crippen molar-refractivity contribution >= 4 is 28.3 Å². The second-order valence-electron chi connectivity index (χ2n) is 7.75. The predicted molar refractivity (Wildman–Crippen MR) is 101 cm³/mol. The fraction of sp³-hybridized carbons (Fsp3) is 0.579. The van der Waals surface area contributed by atoms with Gasteiger partial charge in [0, 0.05) is 37.4 Å². The number of H-pyrrole nitrogens is 1. The van der Waals surface area contributed by atoms with Crippen molar-refractivity contribution < 1.29 is 4.79 Å². The summed E-state index contributed by atoms with van der Waals surface area (Å²) in [6.45, 7) is 5.68. The number of carbonyl (C=O) groups is 1. The Kier molecular flexibility index (Phi) is 4.15. The molecule has 25 heavy (non-hydrogen) atoms. The maximum Gasteiger partial charge on any atom is 0.226 e. The summed E-state index contributed by atoms with van der Waals surface area (Å²) in [5.41, 5.74) is 10.4. The first-order valence-electron chi connectivity index (χ1n) is 9.36. The Bertz CT molecular complexity index is 792. The van der Waals surface area contributed by atoms with Crippen molar-refractivity contribution in [2.45, 2.75) is 51.5 Å². The molecule has 1 atom stereocenters. The number of amides is 1. The van der Waals surface area contributed by atoms with Crippen LogP contribution in [0.25, 0.3) is 11.0 Å². The van der Waals surface area contributed by atoms with Gasteiger partial charge in [-0.1, -0.05) is 13.8 Å². The lowest BCUT2D eigenvalue weighted by Gasteiger charge is -2.34. The van der Waals surface area contributed by atoms with Gasteiger partial charge in [-0.3, -0.25) is 4.79 Å². The molecule has 3 heterocycles. The van der Waals surface area contributed by atoms with E-state index in [1.165, 1.54) is 24.1 Å². The molecular weight excluding hydrogens is 314 g/mol. The van der Waals surface area contributed by atoms with Gasteiger partial charge in [0.15, 0.2) is 0 Å². The molecule has 0 radical (unpaired) electrons. The van der Waals surface area contributed by atoms with Gasteiger partial charge in [-0.05, 0) is 37.2 Å². The van der Waals surface area contributed by atoms with Crippen LogP contribution >= 0.6 is 0 Å². The molecule has 0 spiro atoms. The van der Waals surface area contributed by atoms with Crippen LogP contribution in [-0.2, 0) is 4.79 Å². The van der Waals surface area contributed by atoms with E-state index in [2.05, 4.69) is 20.2 Å². The molecular formula is C19H27N5O. The van der Waals surface area contributed by atoms with Gasteiger partial charge in [0.25, 0.3) is 0 Å². The predicted octanol–water partition coefficient (Wildman–Crippen LogP) is 2.96. The molecule has 2 aliphatic rings. The average molecular weight is 341 g/mol. The molecule has 1 aliphatic heterocycles. The molecule has 0 aromatic carbocycles. The Hall–Kier alpha value is -2.08. The Labute approximate surface area is 148 Å². The van der Waals surface area contributed by atoms with Gasteiger partial charge >= 0.3 is 0 Å². The van der Waals surface area contributed by atoms with E-state index in [1.54, 1.807) is 0 Å². The summed E-state index contributed by atoms with van der Waals surface area (Å²) in [4.78, 5) is 22.5. The first-order chi connectivity index (χ1) is 12.0. The smallest absolute Gasteiger partial charge is 0.226 e. The monoisotopic (exact) mass is 341 g/mol. The number of nitrogens with zero attached hydrogens (tertiary/aromatic N) is 2. The number of aromatic amines is 1. The lowest BCUT2D eigenvalue weighted by molar-refractivity contribution is -0.118. The van der Waals surface area contributed by atoms with Crippen LogP contribution in [0.5, 0.6) is 0 Å². The lowest BCUT2D eigenvalue weighted by atomic mass is 10.0. The zero-order valence-electron chi connectivity index (χ0n) is 15.0. The summed E-state index contributed by atoms with van der Waals surface area (Å²) in [7, 11) is 0. The SMILES string of the molecule is CC(C)C(=O)Nc1c[nH]c2ncc(C3CC3)c(N3CCCC(N)C3)c12. The molecule has 4 rings (SSSR count). The zero-order chi connectivity index (χ0) is 17.6. The van der Waals surface area contributed by atoms with Crippen LogP contribution in [0.3, 0.4) is 0 Å². The van der Waals surface area contributed by atoms with Gasteiger partial charge in [0.2, 0.25) is 5.91 Å². The number of carbonyl (C=O) groups excluding carboxylic acids is 1. The number of nitrogens with one attached hydrogen (secondary N) is 2. The average Bonchev–Trinajstić information content (AvgIpc) is 3.36. The lowest BCUT2D eigenvalue weighted by Crippen LogP contribution is -2.43. The first kappa shape index (κ1) is 16.4. The van der Waals surface area contributed by atoms with Gasteiger partial charge in [-0.2, -0.15) is 0 Å². The van der Waals surface area contributed by atoms with Crippen LogP contribution in [0.1, 0.15) is 51.0 Å². The number of hydrogen-bond acceptors (Lipinski definition) is 4. The number of rotatable bonds is 4. The number of pyridine rings is 1. The van der Waals surface area contributed by atoms with Gasteiger partial charge in [-0.25, -0.2) is 4.98 Å². The van der Waals surface area contributed by atoms with E-state index in [9.17, 15) is 4.79 Å². The van der Waals surface area contributed by atoms with Crippen LogP contribution in [0, 0.1) is 5.92 Å². The Morgan fingerprint density at radius 1 is 1.40 bits per heavy atom. The van der Waals surface area contributed by atoms with Crippen molar-refractivity contribution in [3.8, 4) is 0 Å². The Morgan fingerprint density at radius 2 is 2.20 bits per heavy atom. The Balaban J connectivity index is 1.82. The number of fused-ring (bicyclic) bond motifs is 1. The van der Waals surface area contributed by atoms with E-state index >= 15 is 0 Å². The third-order valence-electron chi connectivity index (χ3n) is 5.28. The molecule has 1 amide bonds. The van der Waals surface area contributed by atoms with Crippen molar-refractivity contribution in [3.63, 3.8) is 0 Å². The minimum atomic E-state index is -0.0589. The van der Waals surface area contributed by atoms with Crippen molar-refractivity contribution in [2.75, 3.05) is 23.3 Å². The summed E-state index contributed by atoms with van der Waals surface area (Å²) in [6, 6.07) is 0.205. The van der Waals surface area contributed by atoms with Crippen LogP contribution in [0.2, 0.25) is 0 Å². The van der Waals surface area contributed by atoms with E-state index in [0.717, 1.165) is 42.7 Å². The molecule has 6 heteroatoms. The summed E-state index contributed by atoms with van der Waals surface area (Å²) < 4.78 is 0. The molecule has 2 aromatic rings. The van der Waals surface area contributed by atoms with Crippen LogP contribution in [0.15, 0.2) is 12.4 Å². The van der Waals surface area contributed by atoms with E-state index in [-0.39, 0.29) is 17.9 Å². The van der Waals surface area contributed by atoms with Gasteiger partial charge < -0.3 is 20.9 Å². The highest BCUT2D eigenvalue weighted by molar-refractivity contribution is 6.07. The number of piperidine rings is 1. The van der Waals surface area contributed by atoms with E-state index in [0.29, 0.717) is 5.92 Å². The topological polar surface area (TPSA) is 87.0 Å². The summed E-state index contributed by atoms with van der Waals surface area (Å²) in [6.07, 6.45) is 8.50. The first-order valence-corrected chi connectivity index (χ1v) is 9.36. The third-order valence-corrected chi connectivity index (χ3v) is 5.28. The highest BCUT2D eigenvalue weighted by Crippen LogP contribution is 2.48. The standard InChI is InChI=1S/C19H27N5O/c1-11(2)19(25)23-15-9-22-18-16(15)17(14(8-21-18)12-5-6-12)24-7-3-4-13(20)10-24/h8-9,11-13H,3-7,10,20H2,1-2H3,(H,21,22)(H,23,25). The molecule has 2 fully saturated rings. The summed E-state index contributed by atoms with van der Waals surface area (Å²) in [5.74, 6) is 0.559. The van der Waals surface area contributed by atoms with Crippen LogP contribution in [-0.4, -0.2) is 35.0 Å². The molecule has 1 saturated heterocycles.